The van der Waals surface area contributed by atoms with Gasteiger partial charge in [-0.25, -0.2) is 0 Å². The molecule has 32 heavy (non-hydrogen) atoms. The molecule has 2 aromatic carbocycles. The summed E-state index contributed by atoms with van der Waals surface area (Å²) in [6.45, 7) is 10.6. The Hall–Kier alpha value is -3.47. The van der Waals surface area contributed by atoms with Crippen LogP contribution in [0.2, 0.25) is 0 Å². The van der Waals surface area contributed by atoms with Crippen LogP contribution in [0.15, 0.2) is 89.4 Å². The number of aliphatic hydroxyl groups excluding tert-OH is 1. The summed E-state index contributed by atoms with van der Waals surface area (Å²) in [5.41, 5.74) is 3.93. The molecule has 0 saturated carbocycles. The van der Waals surface area contributed by atoms with E-state index >= 15 is 0 Å². The number of nitrogens with one attached hydrogen (secondary N) is 1. The minimum Gasteiger partial charge on any atom is -0.506 e. The first-order valence-corrected chi connectivity index (χ1v) is 10.6. The van der Waals surface area contributed by atoms with E-state index in [0.29, 0.717) is 5.71 Å². The number of ketones is 2. The van der Waals surface area contributed by atoms with Gasteiger partial charge >= 0.3 is 0 Å². The predicted molar refractivity (Wildman–Crippen MR) is 129 cm³/mol. The standard InChI is InChI=1S/C27H32N2O3/c1-26(2,3)23(31)17-21(22(30)18-24(32)27(4,5)6)28-29-25(19-13-9-7-10-14-19)20-15-11-8-12-16-20/h7-18,28,30H,1-6H3/b21-17-,22-18-. The molecule has 0 radical (unpaired) electrons. The molecule has 0 unspecified atom stereocenters. The lowest BCUT2D eigenvalue weighted by atomic mass is 9.89. The molecule has 0 aromatic heterocycles. The van der Waals surface area contributed by atoms with E-state index in [-0.39, 0.29) is 23.0 Å². The normalized spacial score (nSPS) is 12.8. The Morgan fingerprint density at radius 3 is 1.56 bits per heavy atom. The lowest BCUT2D eigenvalue weighted by Crippen LogP contribution is -2.23. The van der Waals surface area contributed by atoms with Gasteiger partial charge in [-0.15, -0.1) is 0 Å². The quantitative estimate of drug-likeness (QED) is 0.197. The van der Waals surface area contributed by atoms with E-state index in [1.165, 1.54) is 6.08 Å². The average molecular weight is 433 g/mol. The van der Waals surface area contributed by atoms with Gasteiger partial charge in [0.05, 0.1) is 5.71 Å². The highest BCUT2D eigenvalue weighted by Crippen LogP contribution is 2.20. The number of carbonyl (C=O) groups excluding carboxylic acids is 2. The Labute approximate surface area is 190 Å². The molecule has 5 nitrogen and oxygen atoms in total. The van der Waals surface area contributed by atoms with E-state index in [2.05, 4.69) is 10.5 Å². The first kappa shape index (κ1) is 24.8. The van der Waals surface area contributed by atoms with Crippen molar-refractivity contribution in [3.8, 4) is 0 Å². The number of benzene rings is 2. The lowest BCUT2D eigenvalue weighted by molar-refractivity contribution is -0.122. The van der Waals surface area contributed by atoms with Crippen LogP contribution >= 0.6 is 0 Å². The Morgan fingerprint density at radius 2 is 1.16 bits per heavy atom. The van der Waals surface area contributed by atoms with Gasteiger partial charge in [-0.05, 0) is 0 Å². The molecule has 0 aliphatic rings. The van der Waals surface area contributed by atoms with Crippen molar-refractivity contribution in [1.82, 2.24) is 5.43 Å². The second kappa shape index (κ2) is 10.2. The molecular formula is C27H32N2O3. The number of hydrogen-bond acceptors (Lipinski definition) is 5. The van der Waals surface area contributed by atoms with Crippen molar-refractivity contribution in [3.63, 3.8) is 0 Å². The molecule has 0 aliphatic heterocycles. The van der Waals surface area contributed by atoms with Gasteiger partial charge in [0, 0.05) is 34.1 Å². The molecule has 0 atom stereocenters. The van der Waals surface area contributed by atoms with E-state index in [0.717, 1.165) is 17.2 Å². The van der Waals surface area contributed by atoms with E-state index in [4.69, 9.17) is 0 Å². The fraction of sp³-hybridized carbons (Fsp3) is 0.296. The van der Waals surface area contributed by atoms with Crippen LogP contribution in [-0.4, -0.2) is 22.4 Å². The predicted octanol–water partition coefficient (Wildman–Crippen LogP) is 5.58. The van der Waals surface area contributed by atoms with Crippen LogP contribution in [0, 0.1) is 10.8 Å². The van der Waals surface area contributed by atoms with E-state index < -0.39 is 10.8 Å². The molecule has 0 spiro atoms. The average Bonchev–Trinajstić information content (AvgIpc) is 2.73. The number of hydrazone groups is 1. The van der Waals surface area contributed by atoms with Gasteiger partial charge < -0.3 is 5.11 Å². The van der Waals surface area contributed by atoms with E-state index in [1.54, 1.807) is 41.5 Å². The van der Waals surface area contributed by atoms with Gasteiger partial charge in [-0.3, -0.25) is 15.0 Å². The molecular weight excluding hydrogens is 400 g/mol. The summed E-state index contributed by atoms with van der Waals surface area (Å²) in [6.07, 6.45) is 2.42. The Balaban J connectivity index is 2.54. The number of carbonyl (C=O) groups is 2. The van der Waals surface area contributed by atoms with Crippen LogP contribution < -0.4 is 5.43 Å². The topological polar surface area (TPSA) is 78.8 Å². The molecule has 2 rings (SSSR count). The highest BCUT2D eigenvalue weighted by molar-refractivity contribution is 6.12. The third kappa shape index (κ3) is 7.05. The van der Waals surface area contributed by atoms with Crippen LogP contribution in [-0.2, 0) is 9.59 Å². The van der Waals surface area contributed by atoms with Crippen LogP contribution in [0.3, 0.4) is 0 Å². The molecule has 0 heterocycles. The summed E-state index contributed by atoms with van der Waals surface area (Å²) in [7, 11) is 0. The van der Waals surface area contributed by atoms with Crippen molar-refractivity contribution in [2.45, 2.75) is 41.5 Å². The van der Waals surface area contributed by atoms with Crippen LogP contribution in [0.4, 0.5) is 0 Å². The Kier molecular flexibility index (Phi) is 7.92. The molecule has 0 bridgehead atoms. The van der Waals surface area contributed by atoms with Crippen LogP contribution in [0.5, 0.6) is 0 Å². The highest BCUT2D eigenvalue weighted by atomic mass is 16.3. The SMILES string of the molecule is CC(C)(C)C(=O)/C=C(O)/C(=C/C(=O)C(C)(C)C)NN=C(c1ccccc1)c1ccccc1. The lowest BCUT2D eigenvalue weighted by Gasteiger charge is -2.17. The largest absolute Gasteiger partial charge is 0.506 e. The van der Waals surface area contributed by atoms with Crippen molar-refractivity contribution < 1.29 is 14.7 Å². The summed E-state index contributed by atoms with van der Waals surface area (Å²) in [4.78, 5) is 25.1. The first-order valence-electron chi connectivity index (χ1n) is 10.6. The van der Waals surface area contributed by atoms with E-state index in [1.807, 2.05) is 60.7 Å². The van der Waals surface area contributed by atoms with Gasteiger partial charge in [0.1, 0.15) is 11.5 Å². The van der Waals surface area contributed by atoms with Crippen LogP contribution in [0.25, 0.3) is 0 Å². The maximum atomic E-state index is 12.7. The summed E-state index contributed by atoms with van der Waals surface area (Å²) in [5, 5.41) is 15.2. The summed E-state index contributed by atoms with van der Waals surface area (Å²) < 4.78 is 0. The zero-order valence-electron chi connectivity index (χ0n) is 19.6. The van der Waals surface area contributed by atoms with Crippen LogP contribution in [0.1, 0.15) is 52.7 Å². The summed E-state index contributed by atoms with van der Waals surface area (Å²) in [5.74, 6) is -0.813. The van der Waals surface area contributed by atoms with Crippen molar-refractivity contribution in [3.05, 3.63) is 95.4 Å². The number of nitrogens with zero attached hydrogens (tertiary/aromatic N) is 1. The molecule has 0 aliphatic carbocycles. The van der Waals surface area contributed by atoms with Gasteiger partial charge in [0.2, 0.25) is 0 Å². The Morgan fingerprint density at radius 1 is 0.750 bits per heavy atom. The van der Waals surface area contributed by atoms with Gasteiger partial charge in [-0.1, -0.05) is 102 Å². The fourth-order valence-corrected chi connectivity index (χ4v) is 2.53. The first-order chi connectivity index (χ1) is 14.9. The zero-order valence-corrected chi connectivity index (χ0v) is 19.6. The van der Waals surface area contributed by atoms with Crippen molar-refractivity contribution in [2.75, 3.05) is 0 Å². The molecule has 5 heteroatoms. The number of rotatable bonds is 7. The molecule has 0 amide bonds. The minimum atomic E-state index is -0.671. The highest BCUT2D eigenvalue weighted by Gasteiger charge is 2.23. The van der Waals surface area contributed by atoms with Gasteiger partial charge in [-0.2, -0.15) is 5.10 Å². The molecule has 2 aromatic rings. The monoisotopic (exact) mass is 432 g/mol. The number of hydrogen-bond donors (Lipinski definition) is 2. The number of aliphatic hydroxyl groups is 1. The fourth-order valence-electron chi connectivity index (χ4n) is 2.53. The van der Waals surface area contributed by atoms with Gasteiger partial charge in [0.25, 0.3) is 0 Å². The minimum absolute atomic E-state index is 0.0619. The van der Waals surface area contributed by atoms with Gasteiger partial charge in [0.15, 0.2) is 11.6 Å². The van der Waals surface area contributed by atoms with Crippen molar-refractivity contribution in [1.29, 1.82) is 0 Å². The molecule has 2 N–H and O–H groups in total. The third-order valence-corrected chi connectivity index (χ3v) is 4.68. The second-order valence-electron chi connectivity index (χ2n) is 9.62. The van der Waals surface area contributed by atoms with E-state index in [9.17, 15) is 14.7 Å². The summed E-state index contributed by atoms with van der Waals surface area (Å²) in [6, 6.07) is 19.2. The zero-order chi connectivity index (χ0) is 23.9. The second-order valence-corrected chi connectivity index (χ2v) is 9.62. The number of allylic oxidation sites excluding steroid dienone is 2. The third-order valence-electron chi connectivity index (χ3n) is 4.68. The van der Waals surface area contributed by atoms with Crippen molar-refractivity contribution >= 4 is 17.3 Å². The summed E-state index contributed by atoms with van der Waals surface area (Å²) >= 11 is 0. The molecule has 0 fully saturated rings. The smallest absolute Gasteiger partial charge is 0.164 e. The maximum absolute atomic E-state index is 12.7. The van der Waals surface area contributed by atoms with Crippen molar-refractivity contribution in [2.24, 2.45) is 15.9 Å². The Bertz CT molecular complexity index is 994. The maximum Gasteiger partial charge on any atom is 0.164 e. The molecule has 168 valence electrons. The molecule has 0 saturated heterocycles.